The number of nitrogens with one attached hydrogen (secondary N) is 1. The maximum atomic E-state index is 12.9. The Labute approximate surface area is 172 Å². The van der Waals surface area contributed by atoms with Gasteiger partial charge in [-0.1, -0.05) is 47.0 Å². The van der Waals surface area contributed by atoms with Crippen LogP contribution < -0.4 is 5.32 Å². The molecule has 1 aromatic heterocycles. The largest absolute Gasteiger partial charge is 0.772 e. The van der Waals surface area contributed by atoms with Gasteiger partial charge in [0.15, 0.2) is 0 Å². The Morgan fingerprint density at radius 3 is 2.34 bits per heavy atom. The molecule has 3 aromatic rings. The molecular formula is C22H22N3O3S-. The minimum Gasteiger partial charge on any atom is -0.772 e. The van der Waals surface area contributed by atoms with Crippen molar-refractivity contribution in [1.29, 1.82) is 0 Å². The third kappa shape index (κ3) is 5.56. The van der Waals surface area contributed by atoms with Crippen LogP contribution in [0.5, 0.6) is 0 Å². The molecule has 6 nitrogen and oxygen atoms in total. The number of carbonyl (C=O) groups excluding carboxylic acids is 1. The molecule has 1 amide bonds. The molecule has 0 aliphatic carbocycles. The van der Waals surface area contributed by atoms with Crippen molar-refractivity contribution in [2.75, 3.05) is 0 Å². The highest BCUT2D eigenvalue weighted by atomic mass is 32.2. The van der Waals surface area contributed by atoms with Gasteiger partial charge in [-0.3, -0.25) is 9.00 Å². The van der Waals surface area contributed by atoms with E-state index in [0.717, 1.165) is 22.3 Å². The summed E-state index contributed by atoms with van der Waals surface area (Å²) in [5, 5.41) is 2.93. The number of hydrogen-bond acceptors (Lipinski definition) is 5. The number of rotatable bonds is 6. The van der Waals surface area contributed by atoms with Crippen LogP contribution in [-0.2, 0) is 16.8 Å². The van der Waals surface area contributed by atoms with Gasteiger partial charge in [0.25, 0.3) is 5.91 Å². The zero-order chi connectivity index (χ0) is 21.0. The second kappa shape index (κ2) is 9.07. The van der Waals surface area contributed by atoms with Crippen LogP contribution in [0.25, 0.3) is 11.1 Å². The average Bonchev–Trinajstić information content (AvgIpc) is 2.68. The summed E-state index contributed by atoms with van der Waals surface area (Å²) in [6, 6.07) is 12.8. The Bertz CT molecular complexity index is 1030. The lowest BCUT2D eigenvalue weighted by molar-refractivity contribution is 0.0939. The van der Waals surface area contributed by atoms with Crippen molar-refractivity contribution in [3.8, 4) is 11.1 Å². The van der Waals surface area contributed by atoms with Crippen molar-refractivity contribution in [3.05, 3.63) is 82.9 Å². The summed E-state index contributed by atoms with van der Waals surface area (Å²) in [5.74, 6) is 0.222. The maximum absolute atomic E-state index is 12.9. The summed E-state index contributed by atoms with van der Waals surface area (Å²) in [5.41, 5.74) is 4.60. The Balaban J connectivity index is 1.90. The van der Waals surface area contributed by atoms with E-state index in [0.29, 0.717) is 17.0 Å². The third-order valence-corrected chi connectivity index (χ3v) is 5.14. The van der Waals surface area contributed by atoms with Gasteiger partial charge in [0, 0.05) is 29.3 Å². The van der Waals surface area contributed by atoms with Crippen molar-refractivity contribution < 1.29 is 13.6 Å². The molecule has 0 fully saturated rings. The van der Waals surface area contributed by atoms with E-state index in [1.165, 1.54) is 0 Å². The molecule has 3 rings (SSSR count). The zero-order valence-corrected chi connectivity index (χ0v) is 17.3. The molecule has 7 heteroatoms. The minimum atomic E-state index is -2.25. The van der Waals surface area contributed by atoms with E-state index in [2.05, 4.69) is 15.3 Å². The van der Waals surface area contributed by atoms with E-state index in [1.54, 1.807) is 37.5 Å². The number of aromatic nitrogens is 2. The monoisotopic (exact) mass is 408 g/mol. The normalized spacial score (nSPS) is 13.0. The van der Waals surface area contributed by atoms with Crippen molar-refractivity contribution in [2.45, 2.75) is 32.6 Å². The maximum Gasteiger partial charge on any atom is 0.251 e. The van der Waals surface area contributed by atoms with Gasteiger partial charge >= 0.3 is 0 Å². The van der Waals surface area contributed by atoms with Gasteiger partial charge in [-0.2, -0.15) is 0 Å². The van der Waals surface area contributed by atoms with Crippen LogP contribution in [0.4, 0.5) is 0 Å². The molecule has 1 unspecified atom stereocenters. The zero-order valence-electron chi connectivity index (χ0n) is 16.5. The number of nitrogens with zero attached hydrogens (tertiary/aromatic N) is 2. The summed E-state index contributed by atoms with van der Waals surface area (Å²) in [6.07, 6.45) is 3.37. The SMILES string of the molecule is Cc1ccc(-c2cc(CS(=O)[O-])cc(C(=O)N[C@H](C)c3cnc(C)nc3)c2)cc1. The fraction of sp³-hybridized carbons (Fsp3) is 0.227. The van der Waals surface area contributed by atoms with E-state index in [-0.39, 0.29) is 17.7 Å². The molecule has 1 heterocycles. The average molecular weight is 409 g/mol. The standard InChI is InChI=1S/C22H23N3O3S/c1-14-4-6-18(7-5-14)19-8-17(13-29(27)28)9-20(10-19)22(26)25-15(2)21-11-23-16(3)24-12-21/h4-12,15H,13H2,1-3H3,(H,25,26)(H,27,28)/p-1/t15-/m1/s1. The molecular weight excluding hydrogens is 386 g/mol. The lowest BCUT2D eigenvalue weighted by Crippen LogP contribution is -2.27. The molecule has 2 atom stereocenters. The van der Waals surface area contributed by atoms with Crippen LogP contribution in [0.3, 0.4) is 0 Å². The Morgan fingerprint density at radius 2 is 1.72 bits per heavy atom. The lowest BCUT2D eigenvalue weighted by atomic mass is 9.99. The molecule has 1 N–H and O–H groups in total. The summed E-state index contributed by atoms with van der Waals surface area (Å²) < 4.78 is 22.4. The highest BCUT2D eigenvalue weighted by Gasteiger charge is 2.14. The predicted octanol–water partition coefficient (Wildman–Crippen LogP) is 3.63. The van der Waals surface area contributed by atoms with Gasteiger partial charge in [0.2, 0.25) is 0 Å². The molecule has 2 aromatic carbocycles. The Hall–Kier alpha value is -2.90. The van der Waals surface area contributed by atoms with E-state index < -0.39 is 11.1 Å². The van der Waals surface area contributed by atoms with Crippen molar-refractivity contribution in [2.24, 2.45) is 0 Å². The molecule has 0 aliphatic rings. The van der Waals surface area contributed by atoms with E-state index in [9.17, 15) is 13.6 Å². The fourth-order valence-corrected chi connectivity index (χ4v) is 3.38. The van der Waals surface area contributed by atoms with E-state index >= 15 is 0 Å². The molecule has 0 aliphatic heterocycles. The van der Waals surface area contributed by atoms with E-state index in [1.807, 2.05) is 38.1 Å². The number of aryl methyl sites for hydroxylation is 2. The first-order chi connectivity index (χ1) is 13.8. The predicted molar refractivity (Wildman–Crippen MR) is 112 cm³/mol. The smallest absolute Gasteiger partial charge is 0.251 e. The second-order valence-corrected chi connectivity index (χ2v) is 7.89. The topological polar surface area (TPSA) is 95.0 Å². The molecule has 0 saturated heterocycles. The van der Waals surface area contributed by atoms with Crippen molar-refractivity contribution in [3.63, 3.8) is 0 Å². The first-order valence-electron chi connectivity index (χ1n) is 9.18. The first kappa shape index (κ1) is 20.8. The molecule has 29 heavy (non-hydrogen) atoms. The number of amides is 1. The van der Waals surface area contributed by atoms with Gasteiger partial charge in [0.05, 0.1) is 6.04 Å². The van der Waals surface area contributed by atoms with Crippen LogP contribution in [0, 0.1) is 13.8 Å². The summed E-state index contributed by atoms with van der Waals surface area (Å²) in [7, 11) is 0. The van der Waals surface area contributed by atoms with Crippen LogP contribution >= 0.6 is 0 Å². The van der Waals surface area contributed by atoms with E-state index in [4.69, 9.17) is 0 Å². The molecule has 0 radical (unpaired) electrons. The molecule has 0 spiro atoms. The van der Waals surface area contributed by atoms with Crippen molar-refractivity contribution in [1.82, 2.24) is 15.3 Å². The third-order valence-electron chi connectivity index (χ3n) is 4.57. The number of hydrogen-bond donors (Lipinski definition) is 1. The first-order valence-corrected chi connectivity index (χ1v) is 10.4. The highest BCUT2D eigenvalue weighted by Crippen LogP contribution is 2.24. The fourth-order valence-electron chi connectivity index (χ4n) is 2.94. The molecule has 0 bridgehead atoms. The van der Waals surface area contributed by atoms with Crippen LogP contribution in [0.1, 0.15) is 45.8 Å². The van der Waals surface area contributed by atoms with Gasteiger partial charge in [0.1, 0.15) is 5.82 Å². The van der Waals surface area contributed by atoms with Crippen molar-refractivity contribution >= 4 is 17.0 Å². The molecule has 150 valence electrons. The van der Waals surface area contributed by atoms with Crippen LogP contribution in [-0.4, -0.2) is 24.6 Å². The summed E-state index contributed by atoms with van der Waals surface area (Å²) >= 11 is -2.25. The van der Waals surface area contributed by atoms with Gasteiger partial charge < -0.3 is 9.87 Å². The van der Waals surface area contributed by atoms with Crippen LogP contribution in [0.15, 0.2) is 54.9 Å². The van der Waals surface area contributed by atoms with Gasteiger partial charge in [-0.25, -0.2) is 9.97 Å². The molecule has 0 saturated carbocycles. The lowest BCUT2D eigenvalue weighted by Gasteiger charge is -2.16. The van der Waals surface area contributed by atoms with Crippen LogP contribution in [0.2, 0.25) is 0 Å². The Morgan fingerprint density at radius 1 is 1.07 bits per heavy atom. The van der Waals surface area contributed by atoms with Gasteiger partial charge in [-0.15, -0.1) is 0 Å². The summed E-state index contributed by atoms with van der Waals surface area (Å²) in [6.45, 7) is 5.64. The Kier molecular flexibility index (Phi) is 6.51. The van der Waals surface area contributed by atoms with Gasteiger partial charge in [-0.05, 0) is 49.6 Å². The highest BCUT2D eigenvalue weighted by molar-refractivity contribution is 7.78. The quantitative estimate of drug-likeness (QED) is 0.629. The minimum absolute atomic E-state index is 0.151. The summed E-state index contributed by atoms with van der Waals surface area (Å²) in [4.78, 5) is 21.2. The number of benzene rings is 2. The number of carbonyl (C=O) groups is 1. The second-order valence-electron chi connectivity index (χ2n) is 6.99.